The third-order valence-corrected chi connectivity index (χ3v) is 5.21. The van der Waals surface area contributed by atoms with Gasteiger partial charge in [-0.15, -0.1) is 11.8 Å². The lowest BCUT2D eigenvalue weighted by molar-refractivity contribution is -0.137. The van der Waals surface area contributed by atoms with Gasteiger partial charge in [-0.2, -0.15) is 5.26 Å². The van der Waals surface area contributed by atoms with Gasteiger partial charge in [-0.3, -0.25) is 9.59 Å². The summed E-state index contributed by atoms with van der Waals surface area (Å²) in [5.74, 6) is -0.746. The van der Waals surface area contributed by atoms with E-state index < -0.39 is 11.9 Å². The van der Waals surface area contributed by atoms with E-state index in [4.69, 9.17) is 5.26 Å². The van der Waals surface area contributed by atoms with Gasteiger partial charge in [0.05, 0.1) is 17.1 Å². The van der Waals surface area contributed by atoms with Gasteiger partial charge in [0.15, 0.2) is 0 Å². The largest absolute Gasteiger partial charge is 0.468 e. The summed E-state index contributed by atoms with van der Waals surface area (Å²) in [6.07, 6.45) is 0. The zero-order chi connectivity index (χ0) is 15.2. The lowest BCUT2D eigenvalue weighted by atomic mass is 10.2. The molecule has 21 heavy (non-hydrogen) atoms. The number of benzene rings is 1. The monoisotopic (exact) mass is 320 g/mol. The number of hydrogen-bond acceptors (Lipinski definition) is 6. The maximum atomic E-state index is 12.0. The SMILES string of the molecule is COC(=O)CSC1=C(C#N)C(=O)N[C@@H](c2ccccc2)S1. The van der Waals surface area contributed by atoms with E-state index in [-0.39, 0.29) is 16.7 Å². The summed E-state index contributed by atoms with van der Waals surface area (Å²) < 4.78 is 5.12. The topological polar surface area (TPSA) is 79.2 Å². The Labute approximate surface area is 130 Å². The van der Waals surface area contributed by atoms with E-state index in [1.807, 2.05) is 36.4 Å². The summed E-state index contributed by atoms with van der Waals surface area (Å²) in [4.78, 5) is 23.2. The minimum Gasteiger partial charge on any atom is -0.468 e. The molecule has 1 amide bonds. The van der Waals surface area contributed by atoms with Crippen molar-refractivity contribution in [2.24, 2.45) is 0 Å². The first-order valence-corrected chi connectivity index (χ1v) is 7.88. The van der Waals surface area contributed by atoms with E-state index in [1.165, 1.54) is 18.9 Å². The second-order valence-corrected chi connectivity index (χ2v) is 6.38. The Morgan fingerprint density at radius 2 is 2.19 bits per heavy atom. The zero-order valence-electron chi connectivity index (χ0n) is 11.2. The fourth-order valence-corrected chi connectivity index (χ4v) is 3.96. The van der Waals surface area contributed by atoms with Crippen LogP contribution in [0, 0.1) is 11.3 Å². The number of carbonyl (C=O) groups is 2. The molecule has 0 fully saturated rings. The quantitative estimate of drug-likeness (QED) is 0.857. The Morgan fingerprint density at radius 3 is 2.81 bits per heavy atom. The number of amides is 1. The van der Waals surface area contributed by atoms with Crippen molar-refractivity contribution in [1.29, 1.82) is 5.26 Å². The van der Waals surface area contributed by atoms with Crippen LogP contribution in [-0.4, -0.2) is 24.7 Å². The number of nitriles is 1. The summed E-state index contributed by atoms with van der Waals surface area (Å²) in [5.41, 5.74) is 0.977. The molecule has 0 aliphatic carbocycles. The van der Waals surface area contributed by atoms with Gasteiger partial charge in [0.25, 0.3) is 5.91 Å². The van der Waals surface area contributed by atoms with Crippen molar-refractivity contribution in [3.8, 4) is 6.07 Å². The molecule has 5 nitrogen and oxygen atoms in total. The Balaban J connectivity index is 2.20. The van der Waals surface area contributed by atoms with Crippen molar-refractivity contribution in [2.45, 2.75) is 5.37 Å². The van der Waals surface area contributed by atoms with E-state index in [1.54, 1.807) is 0 Å². The third-order valence-electron chi connectivity index (χ3n) is 2.68. The van der Waals surface area contributed by atoms with Gasteiger partial charge in [0.2, 0.25) is 0 Å². The van der Waals surface area contributed by atoms with Crippen molar-refractivity contribution in [2.75, 3.05) is 12.9 Å². The van der Waals surface area contributed by atoms with Gasteiger partial charge in [-0.05, 0) is 5.56 Å². The maximum absolute atomic E-state index is 12.0. The molecule has 2 rings (SSSR count). The maximum Gasteiger partial charge on any atom is 0.316 e. The number of ether oxygens (including phenoxy) is 1. The van der Waals surface area contributed by atoms with Crippen molar-refractivity contribution in [3.63, 3.8) is 0 Å². The highest BCUT2D eigenvalue weighted by molar-refractivity contribution is 8.22. The van der Waals surface area contributed by atoms with E-state index in [9.17, 15) is 9.59 Å². The normalized spacial score (nSPS) is 17.9. The number of rotatable bonds is 4. The number of hydrogen-bond donors (Lipinski definition) is 1. The van der Waals surface area contributed by atoms with Gasteiger partial charge in [-0.25, -0.2) is 0 Å². The molecule has 1 aliphatic rings. The molecule has 1 atom stereocenters. The van der Waals surface area contributed by atoms with E-state index in [0.717, 1.165) is 17.3 Å². The molecule has 0 bridgehead atoms. The molecule has 0 unspecified atom stereocenters. The van der Waals surface area contributed by atoms with Crippen molar-refractivity contribution in [3.05, 3.63) is 45.7 Å². The van der Waals surface area contributed by atoms with Crippen LogP contribution in [0.3, 0.4) is 0 Å². The second-order valence-electron chi connectivity index (χ2n) is 4.02. The molecule has 0 saturated heterocycles. The van der Waals surface area contributed by atoms with Gasteiger partial charge in [-0.1, -0.05) is 42.1 Å². The number of methoxy groups -OCH3 is 1. The van der Waals surface area contributed by atoms with Crippen LogP contribution in [0.4, 0.5) is 0 Å². The summed E-state index contributed by atoms with van der Waals surface area (Å²) in [6.45, 7) is 0. The van der Waals surface area contributed by atoms with E-state index in [0.29, 0.717) is 4.24 Å². The molecule has 7 heteroatoms. The van der Waals surface area contributed by atoms with Crippen LogP contribution in [-0.2, 0) is 14.3 Å². The summed E-state index contributed by atoms with van der Waals surface area (Å²) in [7, 11) is 1.30. The van der Waals surface area contributed by atoms with Gasteiger partial charge < -0.3 is 10.1 Å². The van der Waals surface area contributed by atoms with Crippen molar-refractivity contribution < 1.29 is 14.3 Å². The summed E-state index contributed by atoms with van der Waals surface area (Å²) >= 11 is 2.50. The van der Waals surface area contributed by atoms with Gasteiger partial charge in [0, 0.05) is 0 Å². The van der Waals surface area contributed by atoms with Crippen molar-refractivity contribution >= 4 is 35.4 Å². The molecule has 108 valence electrons. The Kier molecular flexibility index (Phi) is 5.31. The Bertz CT molecular complexity index is 623. The molecule has 1 heterocycles. The molecule has 0 saturated carbocycles. The molecule has 1 N–H and O–H groups in total. The number of thioether (sulfide) groups is 2. The fraction of sp³-hybridized carbons (Fsp3) is 0.214. The smallest absolute Gasteiger partial charge is 0.316 e. The first-order valence-electron chi connectivity index (χ1n) is 6.02. The molecular weight excluding hydrogens is 308 g/mol. The number of nitrogens with zero attached hydrogens (tertiary/aromatic N) is 1. The predicted molar refractivity (Wildman–Crippen MR) is 82.0 cm³/mol. The van der Waals surface area contributed by atoms with Crippen LogP contribution in [0.15, 0.2) is 40.1 Å². The second kappa shape index (κ2) is 7.20. The minimum absolute atomic E-state index is 0.0427. The standard InChI is InChI=1S/C14H12N2O3S2/c1-19-11(17)8-20-14-10(7-15)12(18)16-13(21-14)9-5-3-2-4-6-9/h2-6,13H,8H2,1H3,(H,16,18)/t13-/m1/s1. The molecule has 1 aliphatic heterocycles. The Morgan fingerprint density at radius 1 is 1.48 bits per heavy atom. The molecule has 0 radical (unpaired) electrons. The number of nitrogens with one attached hydrogen (secondary N) is 1. The first-order chi connectivity index (χ1) is 10.2. The van der Waals surface area contributed by atoms with Crippen molar-refractivity contribution in [1.82, 2.24) is 5.32 Å². The molecular formula is C14H12N2O3S2. The summed E-state index contributed by atoms with van der Waals surface area (Å²) in [6, 6.07) is 11.3. The molecule has 1 aromatic carbocycles. The Hall–Kier alpha value is -1.91. The average Bonchev–Trinajstić information content (AvgIpc) is 2.52. The van der Waals surface area contributed by atoms with Crippen LogP contribution in [0.2, 0.25) is 0 Å². The van der Waals surface area contributed by atoms with E-state index >= 15 is 0 Å². The predicted octanol–water partition coefficient (Wildman–Crippen LogP) is 2.19. The van der Waals surface area contributed by atoms with Crippen LogP contribution in [0.1, 0.15) is 10.9 Å². The van der Waals surface area contributed by atoms with Crippen LogP contribution >= 0.6 is 23.5 Å². The molecule has 0 aromatic heterocycles. The lowest BCUT2D eigenvalue weighted by Crippen LogP contribution is -2.31. The lowest BCUT2D eigenvalue weighted by Gasteiger charge is -2.24. The fourth-order valence-electron chi connectivity index (χ4n) is 1.64. The van der Waals surface area contributed by atoms with E-state index in [2.05, 4.69) is 10.1 Å². The zero-order valence-corrected chi connectivity index (χ0v) is 12.8. The highest BCUT2D eigenvalue weighted by Gasteiger charge is 2.29. The third kappa shape index (κ3) is 3.80. The first kappa shape index (κ1) is 15.5. The van der Waals surface area contributed by atoms with Crippen LogP contribution < -0.4 is 5.32 Å². The number of esters is 1. The van der Waals surface area contributed by atoms with Gasteiger partial charge >= 0.3 is 5.97 Å². The minimum atomic E-state index is -0.419. The molecule has 1 aromatic rings. The average molecular weight is 320 g/mol. The highest BCUT2D eigenvalue weighted by Crippen LogP contribution is 2.43. The number of carbonyl (C=O) groups excluding carboxylic acids is 2. The molecule has 0 spiro atoms. The van der Waals surface area contributed by atoms with Crippen LogP contribution in [0.25, 0.3) is 0 Å². The highest BCUT2D eigenvalue weighted by atomic mass is 32.2. The summed E-state index contributed by atoms with van der Waals surface area (Å²) in [5, 5.41) is 11.6. The van der Waals surface area contributed by atoms with Gasteiger partial charge in [0.1, 0.15) is 17.0 Å². The van der Waals surface area contributed by atoms with Crippen LogP contribution in [0.5, 0.6) is 0 Å².